The second kappa shape index (κ2) is 5.95. The van der Waals surface area contributed by atoms with Gasteiger partial charge in [-0.15, -0.1) is 11.8 Å². The lowest BCUT2D eigenvalue weighted by molar-refractivity contribution is -0.105. The minimum Gasteiger partial charge on any atom is -0.271 e. The molecule has 1 N–H and O–H groups in total. The number of H-pyrrole nitrogens is 1. The number of rotatable bonds is 3. The average Bonchev–Trinajstić information content (AvgIpc) is 2.38. The van der Waals surface area contributed by atoms with Crippen molar-refractivity contribution in [1.29, 1.82) is 0 Å². The third-order valence-corrected chi connectivity index (χ3v) is 3.80. The molecule has 0 bridgehead atoms. The van der Waals surface area contributed by atoms with E-state index in [1.165, 1.54) is 6.92 Å². The van der Waals surface area contributed by atoms with E-state index in [0.717, 1.165) is 18.3 Å². The maximum atomic E-state index is 13.9. The van der Waals surface area contributed by atoms with Gasteiger partial charge >= 0.3 is 11.9 Å². The molecule has 0 saturated carbocycles. The van der Waals surface area contributed by atoms with E-state index in [-0.39, 0.29) is 10.6 Å². The first-order chi connectivity index (χ1) is 10.2. The molecule has 0 fully saturated rings. The van der Waals surface area contributed by atoms with Gasteiger partial charge in [0.2, 0.25) is 0 Å². The first-order valence-electron chi connectivity index (χ1n) is 5.86. The molecule has 1 heterocycles. The highest BCUT2D eigenvalue weighted by atomic mass is 32.2. The first-order valence-corrected chi connectivity index (χ1v) is 6.84. The first kappa shape index (κ1) is 16.3. The van der Waals surface area contributed by atoms with Crippen LogP contribution < -0.4 is 11.2 Å². The molecule has 2 aromatic rings. The van der Waals surface area contributed by atoms with Gasteiger partial charge in [-0.1, -0.05) is 0 Å². The van der Waals surface area contributed by atoms with Crippen molar-refractivity contribution in [3.8, 4) is 5.69 Å². The Labute approximate surface area is 125 Å². The van der Waals surface area contributed by atoms with E-state index in [9.17, 15) is 27.2 Å². The molecule has 10 heteroatoms. The Hall–Kier alpha value is -2.10. The monoisotopic (exact) mass is 335 g/mol. The van der Waals surface area contributed by atoms with Crippen LogP contribution in [0.1, 0.15) is 5.56 Å². The van der Waals surface area contributed by atoms with Crippen LogP contribution in [0, 0.1) is 12.7 Å². The fourth-order valence-electron chi connectivity index (χ4n) is 1.64. The van der Waals surface area contributed by atoms with Gasteiger partial charge in [0.1, 0.15) is 17.7 Å². The molecule has 2 rings (SSSR count). The highest BCUT2D eigenvalue weighted by molar-refractivity contribution is 7.99. The van der Waals surface area contributed by atoms with Crippen molar-refractivity contribution in [2.24, 2.45) is 0 Å². The number of hydrogen-bond donors (Lipinski definition) is 1. The zero-order valence-electron chi connectivity index (χ0n) is 11.1. The van der Waals surface area contributed by atoms with Gasteiger partial charge < -0.3 is 0 Å². The van der Waals surface area contributed by atoms with Crippen molar-refractivity contribution in [1.82, 2.24) is 14.8 Å². The molecular formula is C12H9F4N3O2S. The molecule has 0 saturated heterocycles. The summed E-state index contributed by atoms with van der Waals surface area (Å²) in [6.45, 7) is 1.45. The number of nitrogens with one attached hydrogen (secondary N) is 1. The van der Waals surface area contributed by atoms with E-state index in [4.69, 9.17) is 0 Å². The lowest BCUT2D eigenvalue weighted by Gasteiger charge is -2.11. The number of thioether (sulfide) groups is 1. The molecule has 1 aromatic carbocycles. The normalized spacial score (nSPS) is 11.7. The van der Waals surface area contributed by atoms with Gasteiger partial charge in [-0.25, -0.2) is 9.18 Å². The quantitative estimate of drug-likeness (QED) is 0.688. The van der Waals surface area contributed by atoms with Gasteiger partial charge in [-0.2, -0.15) is 23.0 Å². The average molecular weight is 335 g/mol. The predicted molar refractivity (Wildman–Crippen MR) is 71.9 cm³/mol. The maximum absolute atomic E-state index is 13.9. The van der Waals surface area contributed by atoms with Crippen molar-refractivity contribution in [3.63, 3.8) is 0 Å². The number of aromatic nitrogens is 3. The Morgan fingerprint density at radius 3 is 2.59 bits per heavy atom. The highest BCUT2D eigenvalue weighted by Crippen LogP contribution is 2.31. The van der Waals surface area contributed by atoms with Crippen molar-refractivity contribution >= 4 is 11.8 Å². The smallest absolute Gasteiger partial charge is 0.271 e. The summed E-state index contributed by atoms with van der Waals surface area (Å²) in [5.74, 6) is -1.98. The summed E-state index contributed by atoms with van der Waals surface area (Å²) in [7, 11) is 0. The Bertz CT molecular complexity index is 813. The van der Waals surface area contributed by atoms with Gasteiger partial charge in [0, 0.05) is 4.90 Å². The topological polar surface area (TPSA) is 67.8 Å². The van der Waals surface area contributed by atoms with Crippen LogP contribution >= 0.6 is 11.8 Å². The zero-order chi connectivity index (χ0) is 16.5. The molecule has 1 aromatic heterocycles. The van der Waals surface area contributed by atoms with Crippen molar-refractivity contribution < 1.29 is 17.6 Å². The van der Waals surface area contributed by atoms with E-state index in [1.807, 2.05) is 4.98 Å². The second-order valence-electron chi connectivity index (χ2n) is 4.32. The summed E-state index contributed by atoms with van der Waals surface area (Å²) in [5.41, 5.74) is -1.79. The highest BCUT2D eigenvalue weighted by Gasteiger charge is 2.27. The van der Waals surface area contributed by atoms with Gasteiger partial charge in [-0.3, -0.25) is 9.78 Å². The van der Waals surface area contributed by atoms with Gasteiger partial charge in [0.15, 0.2) is 0 Å². The minimum absolute atomic E-state index is 0.161. The summed E-state index contributed by atoms with van der Waals surface area (Å²) in [5, 5.41) is 3.48. The summed E-state index contributed by atoms with van der Waals surface area (Å²) in [4.78, 5) is 24.6. The number of benzene rings is 1. The van der Waals surface area contributed by atoms with Gasteiger partial charge in [0.25, 0.3) is 5.56 Å². The number of nitrogens with zero attached hydrogens (tertiary/aromatic N) is 2. The third-order valence-electron chi connectivity index (χ3n) is 2.58. The van der Waals surface area contributed by atoms with Crippen molar-refractivity contribution in [3.05, 3.63) is 50.5 Å². The van der Waals surface area contributed by atoms with E-state index in [0.29, 0.717) is 22.0 Å². The molecule has 0 radical (unpaired) electrons. The molecular weight excluding hydrogens is 326 g/mol. The van der Waals surface area contributed by atoms with E-state index in [1.54, 1.807) is 0 Å². The summed E-state index contributed by atoms with van der Waals surface area (Å²) in [6.07, 6.45) is -3.61. The van der Waals surface area contributed by atoms with Crippen LogP contribution in [-0.4, -0.2) is 26.7 Å². The van der Waals surface area contributed by atoms with Crippen LogP contribution in [0.5, 0.6) is 0 Å². The summed E-state index contributed by atoms with van der Waals surface area (Å²) < 4.78 is 51.4. The maximum Gasteiger partial charge on any atom is 0.398 e. The van der Waals surface area contributed by atoms with Crippen molar-refractivity contribution in [2.45, 2.75) is 18.0 Å². The largest absolute Gasteiger partial charge is 0.398 e. The second-order valence-corrected chi connectivity index (χ2v) is 5.34. The lowest BCUT2D eigenvalue weighted by Crippen LogP contribution is -2.30. The van der Waals surface area contributed by atoms with Crippen LogP contribution in [0.3, 0.4) is 0 Å². The number of aromatic amines is 1. The molecule has 0 aliphatic carbocycles. The predicted octanol–water partition coefficient (Wildman–Crippen LogP) is 2.02. The van der Waals surface area contributed by atoms with E-state index in [2.05, 4.69) is 5.10 Å². The Morgan fingerprint density at radius 1 is 1.32 bits per heavy atom. The summed E-state index contributed by atoms with van der Waals surface area (Å²) in [6, 6.07) is 2.10. The molecule has 118 valence electrons. The number of aryl methyl sites for hydroxylation is 1. The van der Waals surface area contributed by atoms with Crippen LogP contribution in [-0.2, 0) is 0 Å². The van der Waals surface area contributed by atoms with Crippen LogP contribution in [0.4, 0.5) is 17.6 Å². The Kier molecular flexibility index (Phi) is 4.40. The Balaban J connectivity index is 2.48. The molecule has 0 amide bonds. The summed E-state index contributed by atoms with van der Waals surface area (Å²) >= 11 is 0.474. The number of hydrogen-bond acceptors (Lipinski definition) is 4. The Morgan fingerprint density at radius 2 is 2.00 bits per heavy atom. The molecule has 0 spiro atoms. The number of alkyl halides is 3. The third kappa shape index (κ3) is 3.75. The lowest BCUT2D eigenvalue weighted by atomic mass is 10.2. The molecule has 0 atom stereocenters. The van der Waals surface area contributed by atoms with Gasteiger partial charge in [0.05, 0.1) is 5.75 Å². The van der Waals surface area contributed by atoms with Gasteiger partial charge in [-0.05, 0) is 24.6 Å². The van der Waals surface area contributed by atoms with Crippen LogP contribution in [0.15, 0.2) is 32.8 Å². The molecule has 22 heavy (non-hydrogen) atoms. The van der Waals surface area contributed by atoms with Crippen LogP contribution in [0.2, 0.25) is 0 Å². The van der Waals surface area contributed by atoms with E-state index < -0.39 is 29.0 Å². The van der Waals surface area contributed by atoms with Crippen molar-refractivity contribution in [2.75, 3.05) is 5.75 Å². The SMILES string of the molecule is Cc1cc(F)c(-n2ncc(=O)[nH]c2=O)cc1SCC(F)(F)F. The fraction of sp³-hybridized carbons (Fsp3) is 0.250. The molecule has 0 aliphatic rings. The van der Waals surface area contributed by atoms with E-state index >= 15 is 0 Å². The minimum atomic E-state index is -4.38. The molecule has 0 unspecified atom stereocenters. The standard InChI is InChI=1S/C12H9F4N3O2S/c1-6-2-7(13)8(3-9(6)22-5-12(14,15)16)19-11(21)18-10(20)4-17-19/h2-4H,5H2,1H3,(H,18,20,21). The molecule has 5 nitrogen and oxygen atoms in total. The molecule has 0 aliphatic heterocycles. The van der Waals surface area contributed by atoms with Crippen LogP contribution in [0.25, 0.3) is 5.69 Å². The number of halogens is 4. The zero-order valence-corrected chi connectivity index (χ0v) is 11.9. The fourth-order valence-corrected chi connectivity index (χ4v) is 2.45.